The summed E-state index contributed by atoms with van der Waals surface area (Å²) in [5.41, 5.74) is 4.20. The van der Waals surface area contributed by atoms with E-state index in [1.807, 2.05) is 0 Å². The van der Waals surface area contributed by atoms with Crippen LogP contribution in [-0.2, 0) is 6.18 Å². The summed E-state index contributed by atoms with van der Waals surface area (Å²) in [5.74, 6) is -0.939. The smallest absolute Gasteiger partial charge is 0.320 e. The summed E-state index contributed by atoms with van der Waals surface area (Å²) in [5, 5.41) is 1.68. The average molecular weight is 275 g/mol. The molecule has 0 unspecified atom stereocenters. The lowest BCUT2D eigenvalue weighted by Crippen LogP contribution is -2.19. The number of hydrogen-bond acceptors (Lipinski definition) is 2. The highest BCUT2D eigenvalue weighted by molar-refractivity contribution is 7.10. The highest BCUT2D eigenvalue weighted by Gasteiger charge is 2.36. The number of halogens is 4. The molecule has 0 aliphatic heterocycles. The third-order valence-corrected chi connectivity index (χ3v) is 3.47. The van der Waals surface area contributed by atoms with Gasteiger partial charge in [-0.15, -0.1) is 11.3 Å². The first-order valence-electron chi connectivity index (χ1n) is 5.06. The Morgan fingerprint density at radius 1 is 1.11 bits per heavy atom. The van der Waals surface area contributed by atoms with Crippen LogP contribution in [0.1, 0.15) is 22.0 Å². The Morgan fingerprint density at radius 3 is 2.39 bits per heavy atom. The maximum atomic E-state index is 13.6. The van der Waals surface area contributed by atoms with E-state index >= 15 is 0 Å². The molecule has 0 saturated heterocycles. The molecule has 2 rings (SSSR count). The fourth-order valence-corrected chi connectivity index (χ4v) is 2.45. The Morgan fingerprint density at radius 2 is 1.83 bits per heavy atom. The molecule has 0 saturated carbocycles. The average Bonchev–Trinajstić information content (AvgIpc) is 2.80. The Labute approximate surface area is 105 Å². The zero-order chi connectivity index (χ0) is 13.3. The van der Waals surface area contributed by atoms with Gasteiger partial charge in [0.1, 0.15) is 5.82 Å². The van der Waals surface area contributed by atoms with Gasteiger partial charge < -0.3 is 5.73 Å². The van der Waals surface area contributed by atoms with Gasteiger partial charge in [0.15, 0.2) is 0 Å². The van der Waals surface area contributed by atoms with Crippen molar-refractivity contribution in [3.8, 4) is 0 Å². The summed E-state index contributed by atoms with van der Waals surface area (Å²) in [6, 6.07) is 4.99. The van der Waals surface area contributed by atoms with Crippen LogP contribution in [-0.4, -0.2) is 0 Å². The number of benzene rings is 1. The van der Waals surface area contributed by atoms with Crippen molar-refractivity contribution < 1.29 is 17.6 Å². The Balaban J connectivity index is 2.56. The molecule has 0 fully saturated rings. The molecule has 1 aromatic carbocycles. The first-order chi connectivity index (χ1) is 8.41. The van der Waals surface area contributed by atoms with Gasteiger partial charge in [-0.3, -0.25) is 0 Å². The lowest BCUT2D eigenvalue weighted by molar-refractivity contribution is -0.138. The molecule has 0 radical (unpaired) electrons. The minimum Gasteiger partial charge on any atom is -0.320 e. The second-order valence-electron chi connectivity index (χ2n) is 3.69. The van der Waals surface area contributed by atoms with Crippen molar-refractivity contribution in [1.82, 2.24) is 0 Å². The SMILES string of the molecule is N[C@@H](c1cccs1)c1c(F)cccc1C(F)(F)F. The van der Waals surface area contributed by atoms with Crippen LogP contribution < -0.4 is 5.73 Å². The molecule has 6 heteroatoms. The van der Waals surface area contributed by atoms with Crippen LogP contribution in [0.5, 0.6) is 0 Å². The highest BCUT2D eigenvalue weighted by atomic mass is 32.1. The molecule has 1 atom stereocenters. The van der Waals surface area contributed by atoms with Crippen LogP contribution >= 0.6 is 11.3 Å². The number of alkyl halides is 3. The zero-order valence-corrected chi connectivity index (χ0v) is 9.86. The maximum absolute atomic E-state index is 13.6. The van der Waals surface area contributed by atoms with Crippen molar-refractivity contribution in [1.29, 1.82) is 0 Å². The van der Waals surface area contributed by atoms with Gasteiger partial charge in [0.2, 0.25) is 0 Å². The predicted octanol–water partition coefficient (Wildman–Crippen LogP) is 3.95. The van der Waals surface area contributed by atoms with Crippen LogP contribution in [0.4, 0.5) is 17.6 Å². The summed E-state index contributed by atoms with van der Waals surface area (Å²) in [4.78, 5) is 0.491. The van der Waals surface area contributed by atoms with Crippen LogP contribution in [0.3, 0.4) is 0 Å². The monoisotopic (exact) mass is 275 g/mol. The molecule has 2 N–H and O–H groups in total. The van der Waals surface area contributed by atoms with E-state index in [2.05, 4.69) is 0 Å². The van der Waals surface area contributed by atoms with E-state index < -0.39 is 29.2 Å². The predicted molar refractivity (Wildman–Crippen MR) is 61.8 cm³/mol. The highest BCUT2D eigenvalue weighted by Crippen LogP contribution is 2.37. The van der Waals surface area contributed by atoms with Gasteiger partial charge in [0.05, 0.1) is 11.6 Å². The Kier molecular flexibility index (Phi) is 3.41. The normalized spacial score (nSPS) is 13.6. The Hall–Kier alpha value is -1.40. The summed E-state index contributed by atoms with van der Waals surface area (Å²) < 4.78 is 52.1. The minimum absolute atomic E-state index is 0.491. The van der Waals surface area contributed by atoms with Crippen LogP contribution in [0.15, 0.2) is 35.7 Å². The maximum Gasteiger partial charge on any atom is 0.416 e. The van der Waals surface area contributed by atoms with E-state index in [1.165, 1.54) is 11.3 Å². The third-order valence-electron chi connectivity index (χ3n) is 2.52. The van der Waals surface area contributed by atoms with Crippen LogP contribution in [0.25, 0.3) is 0 Å². The first kappa shape index (κ1) is 13.0. The van der Waals surface area contributed by atoms with Gasteiger partial charge >= 0.3 is 6.18 Å². The zero-order valence-electron chi connectivity index (χ0n) is 9.04. The number of thiophene rings is 1. The summed E-state index contributed by atoms with van der Waals surface area (Å²) >= 11 is 1.19. The number of hydrogen-bond donors (Lipinski definition) is 1. The van der Waals surface area contributed by atoms with Crippen molar-refractivity contribution in [3.63, 3.8) is 0 Å². The largest absolute Gasteiger partial charge is 0.416 e. The van der Waals surface area contributed by atoms with Gasteiger partial charge in [-0.1, -0.05) is 12.1 Å². The van der Waals surface area contributed by atoms with Gasteiger partial charge in [-0.25, -0.2) is 4.39 Å². The van der Waals surface area contributed by atoms with Crippen LogP contribution in [0.2, 0.25) is 0 Å². The quantitative estimate of drug-likeness (QED) is 0.825. The standard InChI is InChI=1S/C12H9F4NS/c13-8-4-1-3-7(12(14,15)16)10(8)11(17)9-5-2-6-18-9/h1-6,11H,17H2/t11-/m0/s1. The minimum atomic E-state index is -4.62. The molecular formula is C12H9F4NS. The fraction of sp³-hybridized carbons (Fsp3) is 0.167. The van der Waals surface area contributed by atoms with Crippen molar-refractivity contribution in [2.45, 2.75) is 12.2 Å². The first-order valence-corrected chi connectivity index (χ1v) is 5.94. The molecule has 18 heavy (non-hydrogen) atoms. The van der Waals surface area contributed by atoms with Gasteiger partial charge in [0, 0.05) is 10.4 Å². The van der Waals surface area contributed by atoms with Crippen molar-refractivity contribution in [2.24, 2.45) is 5.73 Å². The van der Waals surface area contributed by atoms with E-state index in [-0.39, 0.29) is 0 Å². The molecule has 1 nitrogen and oxygen atoms in total. The summed E-state index contributed by atoms with van der Waals surface area (Å²) in [6.07, 6.45) is -4.62. The van der Waals surface area contributed by atoms with Gasteiger partial charge in [-0.05, 0) is 23.6 Å². The molecule has 0 spiro atoms. The van der Waals surface area contributed by atoms with E-state index in [1.54, 1.807) is 17.5 Å². The Bertz CT molecular complexity index is 534. The van der Waals surface area contributed by atoms with E-state index in [0.717, 1.165) is 18.2 Å². The lowest BCUT2D eigenvalue weighted by atomic mass is 9.98. The fourth-order valence-electron chi connectivity index (χ4n) is 1.71. The molecule has 0 aliphatic carbocycles. The molecule has 96 valence electrons. The molecule has 1 heterocycles. The van der Waals surface area contributed by atoms with Crippen molar-refractivity contribution in [3.05, 3.63) is 57.5 Å². The second kappa shape index (κ2) is 4.70. The van der Waals surface area contributed by atoms with E-state index in [4.69, 9.17) is 5.73 Å². The molecule has 0 bridgehead atoms. The molecule has 0 aliphatic rings. The number of nitrogens with two attached hydrogens (primary N) is 1. The molecule has 0 amide bonds. The van der Waals surface area contributed by atoms with E-state index in [9.17, 15) is 17.6 Å². The number of rotatable bonds is 2. The van der Waals surface area contributed by atoms with E-state index in [0.29, 0.717) is 4.88 Å². The summed E-state index contributed by atoms with van der Waals surface area (Å²) in [6.45, 7) is 0. The molecular weight excluding hydrogens is 266 g/mol. The van der Waals surface area contributed by atoms with Crippen molar-refractivity contribution in [2.75, 3.05) is 0 Å². The van der Waals surface area contributed by atoms with Gasteiger partial charge in [-0.2, -0.15) is 13.2 Å². The van der Waals surface area contributed by atoms with Gasteiger partial charge in [0.25, 0.3) is 0 Å². The summed E-state index contributed by atoms with van der Waals surface area (Å²) in [7, 11) is 0. The lowest BCUT2D eigenvalue weighted by Gasteiger charge is -2.18. The molecule has 1 aromatic heterocycles. The topological polar surface area (TPSA) is 26.0 Å². The van der Waals surface area contributed by atoms with Crippen molar-refractivity contribution >= 4 is 11.3 Å². The third kappa shape index (κ3) is 2.39. The second-order valence-corrected chi connectivity index (χ2v) is 4.67. The van der Waals surface area contributed by atoms with Crippen LogP contribution in [0, 0.1) is 5.82 Å². The molecule has 2 aromatic rings.